The second-order valence-electron chi connectivity index (χ2n) is 2.89. The normalized spacial score (nSPS) is 10.8. The highest BCUT2D eigenvalue weighted by Crippen LogP contribution is 1.99. The van der Waals surface area contributed by atoms with Gasteiger partial charge in [0.2, 0.25) is 0 Å². The summed E-state index contributed by atoms with van der Waals surface area (Å²) in [5, 5.41) is 18.3. The van der Waals surface area contributed by atoms with Crippen LogP contribution in [0.3, 0.4) is 0 Å². The molecule has 78 valence electrons. The van der Waals surface area contributed by atoms with Gasteiger partial charge in [-0.25, -0.2) is 4.79 Å². The van der Waals surface area contributed by atoms with Crippen LogP contribution in [0.25, 0.3) is 0 Å². The van der Waals surface area contributed by atoms with E-state index in [2.05, 4.69) is 5.32 Å². The molecule has 0 aromatic heterocycles. The van der Waals surface area contributed by atoms with Gasteiger partial charge in [-0.05, 0) is 11.6 Å². The molecule has 0 amide bonds. The lowest BCUT2D eigenvalue weighted by molar-refractivity contribution is -0.133. The van der Waals surface area contributed by atoms with Gasteiger partial charge >= 0.3 is 5.97 Å². The molecule has 0 atom stereocenters. The van der Waals surface area contributed by atoms with E-state index in [1.54, 1.807) is 0 Å². The van der Waals surface area contributed by atoms with Crippen LogP contribution in [0.15, 0.2) is 42.1 Å². The fraction of sp³-hybridized carbons (Fsp3) is 0.0909. The molecular weight excluding hydrogens is 192 g/mol. The summed E-state index contributed by atoms with van der Waals surface area (Å²) in [6.07, 6.45) is 2.16. The molecule has 1 rings (SSSR count). The lowest BCUT2D eigenvalue weighted by Crippen LogP contribution is -2.19. The number of carboxylic acid groups (broad SMARTS) is 1. The first-order valence-corrected chi connectivity index (χ1v) is 4.46. The number of rotatable bonds is 5. The lowest BCUT2D eigenvalue weighted by Gasteiger charge is -2.05. The minimum Gasteiger partial charge on any atom is -0.477 e. The molecule has 0 radical (unpaired) electrons. The van der Waals surface area contributed by atoms with E-state index < -0.39 is 5.97 Å². The summed E-state index contributed by atoms with van der Waals surface area (Å²) in [6.45, 7) is 0.437. The van der Waals surface area contributed by atoms with E-state index in [1.807, 2.05) is 30.3 Å². The summed E-state index contributed by atoms with van der Waals surface area (Å²) < 4.78 is 0. The van der Waals surface area contributed by atoms with Crippen molar-refractivity contribution in [2.45, 2.75) is 6.54 Å². The molecular formula is C11H12N2O2. The molecule has 3 N–H and O–H groups in total. The monoisotopic (exact) mass is 204 g/mol. The number of benzene rings is 1. The minimum atomic E-state index is -1.06. The lowest BCUT2D eigenvalue weighted by atomic mass is 10.2. The minimum absolute atomic E-state index is 0.0221. The van der Waals surface area contributed by atoms with Crippen LogP contribution in [0.5, 0.6) is 0 Å². The van der Waals surface area contributed by atoms with E-state index in [1.165, 1.54) is 6.08 Å². The average molecular weight is 204 g/mol. The van der Waals surface area contributed by atoms with E-state index in [-0.39, 0.29) is 5.70 Å². The van der Waals surface area contributed by atoms with Crippen molar-refractivity contribution in [3.63, 3.8) is 0 Å². The van der Waals surface area contributed by atoms with Crippen molar-refractivity contribution in [2.75, 3.05) is 0 Å². The number of hydrogen-bond donors (Lipinski definition) is 3. The molecule has 0 spiro atoms. The predicted molar refractivity (Wildman–Crippen MR) is 57.8 cm³/mol. The maximum Gasteiger partial charge on any atom is 0.352 e. The van der Waals surface area contributed by atoms with E-state index in [9.17, 15) is 4.79 Å². The standard InChI is InChI=1S/C11H12N2O2/c12-7-6-10(11(14)15)13-8-9-4-2-1-3-5-9/h1-7,12-13H,8H2,(H,14,15)/b10-6-,12-7?. The summed E-state index contributed by atoms with van der Waals surface area (Å²) in [5.74, 6) is -1.06. The summed E-state index contributed by atoms with van der Waals surface area (Å²) in [5.41, 5.74) is 1.02. The van der Waals surface area contributed by atoms with Crippen molar-refractivity contribution < 1.29 is 9.90 Å². The Morgan fingerprint density at radius 2 is 2.07 bits per heavy atom. The van der Waals surface area contributed by atoms with Gasteiger partial charge in [-0.1, -0.05) is 30.3 Å². The number of nitrogens with one attached hydrogen (secondary N) is 2. The molecule has 0 bridgehead atoms. The highest BCUT2D eigenvalue weighted by Gasteiger charge is 2.04. The van der Waals surface area contributed by atoms with Gasteiger partial charge in [0, 0.05) is 12.8 Å². The van der Waals surface area contributed by atoms with Crippen molar-refractivity contribution in [3.8, 4) is 0 Å². The van der Waals surface area contributed by atoms with Gasteiger partial charge in [0.25, 0.3) is 0 Å². The molecule has 0 aliphatic heterocycles. The SMILES string of the molecule is N=C/C=C(\NCc1ccccc1)C(=O)O. The van der Waals surface area contributed by atoms with Crippen LogP contribution in [-0.2, 0) is 11.3 Å². The fourth-order valence-corrected chi connectivity index (χ4v) is 1.08. The molecule has 0 aliphatic rings. The average Bonchev–Trinajstić information content (AvgIpc) is 2.25. The maximum atomic E-state index is 10.7. The first-order valence-electron chi connectivity index (χ1n) is 4.46. The first kappa shape index (κ1) is 11.0. The van der Waals surface area contributed by atoms with Gasteiger partial charge in [-0.2, -0.15) is 0 Å². The molecule has 1 aromatic rings. The van der Waals surface area contributed by atoms with E-state index >= 15 is 0 Å². The van der Waals surface area contributed by atoms with Crippen LogP contribution in [0.2, 0.25) is 0 Å². The van der Waals surface area contributed by atoms with E-state index in [0.29, 0.717) is 6.54 Å². The van der Waals surface area contributed by atoms with Crippen LogP contribution in [0, 0.1) is 5.41 Å². The van der Waals surface area contributed by atoms with Crippen LogP contribution in [0.1, 0.15) is 5.56 Å². The largest absolute Gasteiger partial charge is 0.477 e. The summed E-state index contributed by atoms with van der Waals surface area (Å²) >= 11 is 0. The van der Waals surface area contributed by atoms with Crippen LogP contribution in [-0.4, -0.2) is 17.3 Å². The summed E-state index contributed by atoms with van der Waals surface area (Å²) in [7, 11) is 0. The predicted octanol–water partition coefficient (Wildman–Crippen LogP) is 1.39. The zero-order valence-corrected chi connectivity index (χ0v) is 8.10. The van der Waals surface area contributed by atoms with Gasteiger partial charge in [-0.3, -0.25) is 0 Å². The van der Waals surface area contributed by atoms with Gasteiger partial charge in [0.05, 0.1) is 0 Å². The number of carboxylic acids is 1. The fourth-order valence-electron chi connectivity index (χ4n) is 1.08. The molecule has 0 fully saturated rings. The quantitative estimate of drug-likeness (QED) is 0.501. The third kappa shape index (κ3) is 3.64. The third-order valence-electron chi connectivity index (χ3n) is 1.81. The molecule has 15 heavy (non-hydrogen) atoms. The van der Waals surface area contributed by atoms with Crippen LogP contribution >= 0.6 is 0 Å². The van der Waals surface area contributed by atoms with Crippen molar-refractivity contribution in [1.82, 2.24) is 5.32 Å². The third-order valence-corrected chi connectivity index (χ3v) is 1.81. The molecule has 0 saturated heterocycles. The number of hydrogen-bond acceptors (Lipinski definition) is 3. The summed E-state index contributed by atoms with van der Waals surface area (Å²) in [4.78, 5) is 10.7. The smallest absolute Gasteiger partial charge is 0.352 e. The number of carbonyl (C=O) groups is 1. The topological polar surface area (TPSA) is 73.2 Å². The Morgan fingerprint density at radius 3 is 2.60 bits per heavy atom. The Hall–Kier alpha value is -2.10. The van der Waals surface area contributed by atoms with Gasteiger partial charge in [0.15, 0.2) is 0 Å². The number of aliphatic carboxylic acids is 1. The van der Waals surface area contributed by atoms with Crippen LogP contribution in [0.4, 0.5) is 0 Å². The first-order chi connectivity index (χ1) is 7.24. The van der Waals surface area contributed by atoms with Crippen molar-refractivity contribution in [2.24, 2.45) is 0 Å². The Labute approximate surface area is 87.8 Å². The van der Waals surface area contributed by atoms with Gasteiger partial charge < -0.3 is 15.8 Å². The Bertz CT molecular complexity index is 371. The Morgan fingerprint density at radius 1 is 1.40 bits per heavy atom. The van der Waals surface area contributed by atoms with Gasteiger partial charge in [0.1, 0.15) is 5.70 Å². The Kier molecular flexibility index (Phi) is 4.09. The molecule has 0 heterocycles. The van der Waals surface area contributed by atoms with Crippen molar-refractivity contribution >= 4 is 12.2 Å². The van der Waals surface area contributed by atoms with Crippen molar-refractivity contribution in [3.05, 3.63) is 47.7 Å². The van der Waals surface area contributed by atoms with Crippen molar-refractivity contribution in [1.29, 1.82) is 5.41 Å². The second-order valence-corrected chi connectivity index (χ2v) is 2.89. The maximum absolute atomic E-state index is 10.7. The number of allylic oxidation sites excluding steroid dienone is 1. The molecule has 4 heteroatoms. The highest BCUT2D eigenvalue weighted by molar-refractivity contribution is 5.90. The molecule has 0 unspecified atom stereocenters. The molecule has 0 saturated carbocycles. The van der Waals surface area contributed by atoms with Crippen LogP contribution < -0.4 is 5.32 Å². The zero-order chi connectivity index (χ0) is 11.1. The molecule has 1 aromatic carbocycles. The summed E-state index contributed by atoms with van der Waals surface area (Å²) in [6, 6.07) is 9.47. The van der Waals surface area contributed by atoms with Gasteiger partial charge in [-0.15, -0.1) is 0 Å². The Balaban J connectivity index is 2.59. The zero-order valence-electron chi connectivity index (χ0n) is 8.10. The molecule has 0 aliphatic carbocycles. The molecule has 4 nitrogen and oxygen atoms in total. The second kappa shape index (κ2) is 5.59. The van der Waals surface area contributed by atoms with E-state index in [0.717, 1.165) is 11.8 Å². The highest BCUT2D eigenvalue weighted by atomic mass is 16.4. The van der Waals surface area contributed by atoms with E-state index in [4.69, 9.17) is 10.5 Å².